The highest BCUT2D eigenvalue weighted by Crippen LogP contribution is 2.21. The first-order valence-corrected chi connectivity index (χ1v) is 12.6. The van der Waals surface area contributed by atoms with Crippen molar-refractivity contribution in [2.24, 2.45) is 5.92 Å². The molecule has 0 spiro atoms. The van der Waals surface area contributed by atoms with E-state index in [1.54, 1.807) is 4.90 Å². The van der Waals surface area contributed by atoms with Crippen LogP contribution in [0.5, 0.6) is 5.75 Å². The zero-order valence-corrected chi connectivity index (χ0v) is 22.1. The fraction of sp³-hybridized carbons (Fsp3) is 0.355. The van der Waals surface area contributed by atoms with Gasteiger partial charge in [0.15, 0.2) is 6.61 Å². The van der Waals surface area contributed by atoms with Gasteiger partial charge in [0.25, 0.3) is 5.91 Å². The molecule has 0 radical (unpaired) electrons. The smallest absolute Gasteiger partial charge is 0.261 e. The van der Waals surface area contributed by atoms with Crippen LogP contribution in [0.2, 0.25) is 0 Å². The van der Waals surface area contributed by atoms with Crippen LogP contribution >= 0.6 is 0 Å². The van der Waals surface area contributed by atoms with Gasteiger partial charge in [-0.15, -0.1) is 0 Å². The molecule has 0 aliphatic rings. The van der Waals surface area contributed by atoms with Gasteiger partial charge in [-0.2, -0.15) is 0 Å². The minimum absolute atomic E-state index is 0.140. The van der Waals surface area contributed by atoms with Crippen molar-refractivity contribution in [1.29, 1.82) is 0 Å². The van der Waals surface area contributed by atoms with Gasteiger partial charge < -0.3 is 15.0 Å². The average Bonchev–Trinajstić information content (AvgIpc) is 2.87. The summed E-state index contributed by atoms with van der Waals surface area (Å²) in [4.78, 5) is 28.8. The summed E-state index contributed by atoms with van der Waals surface area (Å²) in [6.45, 7) is 10.9. The van der Waals surface area contributed by atoms with Crippen molar-refractivity contribution in [3.8, 4) is 5.75 Å². The topological polar surface area (TPSA) is 58.6 Å². The molecule has 190 valence electrons. The first-order chi connectivity index (χ1) is 17.2. The van der Waals surface area contributed by atoms with E-state index in [1.807, 2.05) is 93.6 Å². The van der Waals surface area contributed by atoms with E-state index in [2.05, 4.69) is 19.2 Å². The number of aryl methyl sites for hydroxylation is 2. The van der Waals surface area contributed by atoms with Crippen LogP contribution in [0.3, 0.4) is 0 Å². The Kier molecular flexibility index (Phi) is 9.69. The Hall–Kier alpha value is -3.60. The molecule has 1 unspecified atom stereocenters. The van der Waals surface area contributed by atoms with Gasteiger partial charge in [-0.1, -0.05) is 86.1 Å². The van der Waals surface area contributed by atoms with Crippen LogP contribution in [-0.4, -0.2) is 35.9 Å². The number of amides is 2. The predicted molar refractivity (Wildman–Crippen MR) is 145 cm³/mol. The molecular weight excluding hydrogens is 448 g/mol. The molecular formula is C31H38N2O3. The second-order valence-electron chi connectivity index (χ2n) is 9.84. The van der Waals surface area contributed by atoms with Crippen LogP contribution in [0.15, 0.2) is 72.8 Å². The Morgan fingerprint density at radius 3 is 2.22 bits per heavy atom. The Bertz CT molecular complexity index is 1140. The Labute approximate surface area is 215 Å². The average molecular weight is 487 g/mol. The van der Waals surface area contributed by atoms with Crippen molar-refractivity contribution >= 4 is 11.8 Å². The van der Waals surface area contributed by atoms with Crippen molar-refractivity contribution in [2.45, 2.75) is 53.6 Å². The summed E-state index contributed by atoms with van der Waals surface area (Å²) in [5, 5.41) is 3.05. The zero-order chi connectivity index (χ0) is 26.1. The molecule has 36 heavy (non-hydrogen) atoms. The fourth-order valence-corrected chi connectivity index (χ4v) is 3.97. The van der Waals surface area contributed by atoms with Crippen molar-refractivity contribution in [3.63, 3.8) is 0 Å². The summed E-state index contributed by atoms with van der Waals surface area (Å²) >= 11 is 0. The first-order valence-electron chi connectivity index (χ1n) is 12.6. The predicted octanol–water partition coefficient (Wildman–Crippen LogP) is 5.40. The number of hydrogen-bond acceptors (Lipinski definition) is 3. The third-order valence-corrected chi connectivity index (χ3v) is 6.34. The van der Waals surface area contributed by atoms with E-state index in [0.29, 0.717) is 31.2 Å². The van der Waals surface area contributed by atoms with Gasteiger partial charge in [-0.05, 0) is 55.0 Å². The highest BCUT2D eigenvalue weighted by atomic mass is 16.5. The minimum Gasteiger partial charge on any atom is -0.483 e. The van der Waals surface area contributed by atoms with E-state index in [0.717, 1.165) is 27.8 Å². The molecule has 0 fully saturated rings. The quantitative estimate of drug-likeness (QED) is 0.395. The van der Waals surface area contributed by atoms with Crippen LogP contribution in [-0.2, 0) is 22.6 Å². The number of benzene rings is 3. The summed E-state index contributed by atoms with van der Waals surface area (Å²) in [5.41, 5.74) is 5.22. The second-order valence-corrected chi connectivity index (χ2v) is 9.84. The third kappa shape index (κ3) is 7.70. The summed E-state index contributed by atoms with van der Waals surface area (Å²) in [7, 11) is 0. The number of nitrogens with zero attached hydrogens (tertiary/aromatic N) is 1. The number of carbonyl (C=O) groups is 2. The first kappa shape index (κ1) is 27.0. The molecule has 3 rings (SSSR count). The lowest BCUT2D eigenvalue weighted by molar-refractivity contribution is -0.142. The molecule has 3 aromatic rings. The molecule has 0 aliphatic carbocycles. The van der Waals surface area contributed by atoms with E-state index in [-0.39, 0.29) is 18.4 Å². The van der Waals surface area contributed by atoms with Gasteiger partial charge in [0.1, 0.15) is 11.8 Å². The van der Waals surface area contributed by atoms with Gasteiger partial charge in [0, 0.05) is 19.5 Å². The van der Waals surface area contributed by atoms with Crippen molar-refractivity contribution in [2.75, 3.05) is 13.2 Å². The molecule has 0 aliphatic heterocycles. The number of rotatable bonds is 11. The number of ether oxygens (including phenoxy) is 1. The molecule has 1 N–H and O–H groups in total. The maximum Gasteiger partial charge on any atom is 0.261 e. The molecule has 0 saturated carbocycles. The fourth-order valence-electron chi connectivity index (χ4n) is 3.97. The van der Waals surface area contributed by atoms with Gasteiger partial charge in [-0.3, -0.25) is 9.59 Å². The molecule has 0 aromatic heterocycles. The standard InChI is InChI=1S/C31H38N2O3/c1-22(2)19-32-31(35)28(18-26-11-7-6-8-12-26)33(20-27-16-14-23(3)15-17-27)30(34)21-36-29-13-9-10-24(4)25(29)5/h6-17,22,28H,18-21H2,1-5H3,(H,32,35). The highest BCUT2D eigenvalue weighted by molar-refractivity contribution is 5.88. The summed E-state index contributed by atoms with van der Waals surface area (Å²) in [6, 6.07) is 23.0. The normalized spacial score (nSPS) is 11.7. The summed E-state index contributed by atoms with van der Waals surface area (Å²) in [5.74, 6) is 0.611. The molecule has 5 nitrogen and oxygen atoms in total. The number of hydrogen-bond donors (Lipinski definition) is 1. The monoisotopic (exact) mass is 486 g/mol. The van der Waals surface area contributed by atoms with E-state index in [9.17, 15) is 9.59 Å². The van der Waals surface area contributed by atoms with Gasteiger partial charge in [0.05, 0.1) is 0 Å². The number of nitrogens with one attached hydrogen (secondary N) is 1. The Balaban J connectivity index is 1.91. The van der Waals surface area contributed by atoms with E-state index in [1.165, 1.54) is 0 Å². The molecule has 3 aromatic carbocycles. The summed E-state index contributed by atoms with van der Waals surface area (Å²) < 4.78 is 5.97. The Morgan fingerprint density at radius 1 is 0.861 bits per heavy atom. The summed E-state index contributed by atoms with van der Waals surface area (Å²) in [6.07, 6.45) is 0.422. The van der Waals surface area contributed by atoms with E-state index in [4.69, 9.17) is 4.74 Å². The highest BCUT2D eigenvalue weighted by Gasteiger charge is 2.30. The van der Waals surface area contributed by atoms with Gasteiger partial charge >= 0.3 is 0 Å². The van der Waals surface area contributed by atoms with Gasteiger partial charge in [0.2, 0.25) is 5.91 Å². The minimum atomic E-state index is -0.665. The van der Waals surface area contributed by atoms with E-state index < -0.39 is 6.04 Å². The largest absolute Gasteiger partial charge is 0.483 e. The van der Waals surface area contributed by atoms with Crippen LogP contribution in [0.25, 0.3) is 0 Å². The Morgan fingerprint density at radius 2 is 1.56 bits per heavy atom. The maximum atomic E-state index is 13.7. The molecule has 0 heterocycles. The van der Waals surface area contributed by atoms with Crippen LogP contribution in [0.1, 0.15) is 41.7 Å². The number of carbonyl (C=O) groups excluding carboxylic acids is 2. The zero-order valence-electron chi connectivity index (χ0n) is 22.1. The molecule has 2 amide bonds. The van der Waals surface area contributed by atoms with Crippen LogP contribution in [0.4, 0.5) is 0 Å². The lowest BCUT2D eigenvalue weighted by Gasteiger charge is -2.32. The van der Waals surface area contributed by atoms with Crippen molar-refractivity contribution in [1.82, 2.24) is 10.2 Å². The molecule has 1 atom stereocenters. The van der Waals surface area contributed by atoms with E-state index >= 15 is 0 Å². The lowest BCUT2D eigenvalue weighted by Crippen LogP contribution is -2.52. The van der Waals surface area contributed by atoms with Crippen molar-refractivity contribution in [3.05, 3.63) is 101 Å². The van der Waals surface area contributed by atoms with Crippen LogP contribution in [0, 0.1) is 26.7 Å². The maximum absolute atomic E-state index is 13.7. The SMILES string of the molecule is Cc1ccc(CN(C(=O)COc2cccc(C)c2C)C(Cc2ccccc2)C(=O)NCC(C)C)cc1. The third-order valence-electron chi connectivity index (χ3n) is 6.34. The van der Waals surface area contributed by atoms with Crippen molar-refractivity contribution < 1.29 is 14.3 Å². The second kappa shape index (κ2) is 12.9. The van der Waals surface area contributed by atoms with Gasteiger partial charge in [-0.25, -0.2) is 0 Å². The lowest BCUT2D eigenvalue weighted by atomic mass is 10.0. The molecule has 5 heteroatoms. The molecule has 0 saturated heterocycles. The van der Waals surface area contributed by atoms with Crippen LogP contribution < -0.4 is 10.1 Å². The molecule has 0 bridgehead atoms.